The smallest absolute Gasteiger partial charge is 0.267 e. The van der Waals surface area contributed by atoms with Crippen LogP contribution in [0.1, 0.15) is 0 Å². The van der Waals surface area contributed by atoms with Gasteiger partial charge in [0.15, 0.2) is 5.82 Å². The molecule has 0 saturated heterocycles. The molecule has 0 spiro atoms. The number of hydrogen-bond donors (Lipinski definition) is 2. The minimum absolute atomic E-state index is 0.0285. The van der Waals surface area contributed by atoms with Crippen LogP contribution in [0.25, 0.3) is 0 Å². The summed E-state index contributed by atoms with van der Waals surface area (Å²) in [5.41, 5.74) is 5.47. The van der Waals surface area contributed by atoms with Crippen molar-refractivity contribution in [2.75, 3.05) is 10.5 Å². The number of nitrogens with two attached hydrogens (primary N) is 1. The largest absolute Gasteiger partial charge is 0.399 e. The highest BCUT2D eigenvalue weighted by molar-refractivity contribution is 7.92. The molecule has 0 aliphatic heterocycles. The van der Waals surface area contributed by atoms with Gasteiger partial charge in [0.1, 0.15) is 4.90 Å². The van der Waals surface area contributed by atoms with Crippen LogP contribution in [-0.4, -0.2) is 18.4 Å². The Morgan fingerprint density at radius 2 is 1.89 bits per heavy atom. The first-order chi connectivity index (χ1) is 8.90. The second kappa shape index (κ2) is 4.98. The predicted octanol–water partition coefficient (Wildman–Crippen LogP) is 1.65. The molecule has 9 heteroatoms. The van der Waals surface area contributed by atoms with Gasteiger partial charge in [-0.25, -0.2) is 27.5 Å². The Labute approximate surface area is 113 Å². The molecular weight excluding hydrogens is 295 g/mol. The number of nitrogen functional groups attached to an aromatic ring is 1. The number of nitrogens with zero attached hydrogens (tertiary/aromatic N) is 2. The van der Waals surface area contributed by atoms with E-state index < -0.39 is 20.7 Å². The molecule has 0 aliphatic carbocycles. The van der Waals surface area contributed by atoms with Crippen LogP contribution >= 0.6 is 11.6 Å². The van der Waals surface area contributed by atoms with Crippen LogP contribution in [0, 0.1) is 5.82 Å². The zero-order valence-corrected chi connectivity index (χ0v) is 10.9. The van der Waals surface area contributed by atoms with Crippen molar-refractivity contribution in [2.45, 2.75) is 4.90 Å². The van der Waals surface area contributed by atoms with Crippen LogP contribution < -0.4 is 10.5 Å². The first kappa shape index (κ1) is 13.5. The Hall–Kier alpha value is -1.93. The SMILES string of the molecule is Nc1cc(Cl)c(F)c(S(=O)(=O)Nc2ncccn2)c1. The predicted molar refractivity (Wildman–Crippen MR) is 68.7 cm³/mol. The summed E-state index contributed by atoms with van der Waals surface area (Å²) in [6.45, 7) is 0. The van der Waals surface area contributed by atoms with Gasteiger partial charge < -0.3 is 5.73 Å². The minimum atomic E-state index is -4.20. The molecule has 0 unspecified atom stereocenters. The van der Waals surface area contributed by atoms with Gasteiger partial charge in [0.05, 0.1) is 5.02 Å². The summed E-state index contributed by atoms with van der Waals surface area (Å²) >= 11 is 5.55. The summed E-state index contributed by atoms with van der Waals surface area (Å²) < 4.78 is 39.7. The van der Waals surface area contributed by atoms with E-state index in [2.05, 4.69) is 9.97 Å². The Kier molecular flexibility index (Phi) is 3.54. The number of sulfonamides is 1. The molecule has 1 aromatic heterocycles. The molecule has 0 fully saturated rings. The van der Waals surface area contributed by atoms with Gasteiger partial charge in [-0.3, -0.25) is 0 Å². The molecule has 0 bridgehead atoms. The molecule has 100 valence electrons. The topological polar surface area (TPSA) is 98.0 Å². The zero-order chi connectivity index (χ0) is 14.0. The highest BCUT2D eigenvalue weighted by Crippen LogP contribution is 2.26. The monoisotopic (exact) mass is 302 g/mol. The van der Waals surface area contributed by atoms with Crippen LogP contribution in [0.3, 0.4) is 0 Å². The quantitative estimate of drug-likeness (QED) is 0.840. The number of rotatable bonds is 3. The zero-order valence-electron chi connectivity index (χ0n) is 9.34. The maximum absolute atomic E-state index is 13.7. The Balaban J connectivity index is 2.46. The van der Waals surface area contributed by atoms with Gasteiger partial charge in [0, 0.05) is 18.1 Å². The number of aromatic nitrogens is 2. The molecule has 3 N–H and O–H groups in total. The molecule has 0 radical (unpaired) electrons. The second-order valence-corrected chi connectivity index (χ2v) is 5.55. The molecule has 19 heavy (non-hydrogen) atoms. The van der Waals surface area contributed by atoms with Crippen molar-refractivity contribution in [3.8, 4) is 0 Å². The van der Waals surface area contributed by atoms with E-state index in [1.165, 1.54) is 18.5 Å². The number of nitrogens with one attached hydrogen (secondary N) is 1. The maximum atomic E-state index is 13.7. The number of anilines is 2. The highest BCUT2D eigenvalue weighted by Gasteiger charge is 2.22. The third kappa shape index (κ3) is 2.91. The Morgan fingerprint density at radius 3 is 2.53 bits per heavy atom. The van der Waals surface area contributed by atoms with Crippen molar-refractivity contribution in [3.05, 3.63) is 41.4 Å². The van der Waals surface area contributed by atoms with Crippen molar-refractivity contribution in [1.82, 2.24) is 9.97 Å². The molecule has 2 rings (SSSR count). The van der Waals surface area contributed by atoms with Gasteiger partial charge >= 0.3 is 0 Å². The Bertz CT molecular complexity index is 709. The van der Waals surface area contributed by atoms with Crippen LogP contribution in [0.5, 0.6) is 0 Å². The van der Waals surface area contributed by atoms with Crippen molar-refractivity contribution in [2.24, 2.45) is 0 Å². The number of hydrogen-bond acceptors (Lipinski definition) is 5. The van der Waals surface area contributed by atoms with Gasteiger partial charge in [-0.2, -0.15) is 0 Å². The normalized spacial score (nSPS) is 11.3. The summed E-state index contributed by atoms with van der Waals surface area (Å²) in [6.07, 6.45) is 2.68. The third-order valence-corrected chi connectivity index (χ3v) is 3.70. The lowest BCUT2D eigenvalue weighted by molar-refractivity contribution is 0.570. The van der Waals surface area contributed by atoms with Crippen molar-refractivity contribution in [1.29, 1.82) is 0 Å². The number of halogens is 2. The van der Waals surface area contributed by atoms with Gasteiger partial charge in [-0.1, -0.05) is 11.6 Å². The lowest BCUT2D eigenvalue weighted by Gasteiger charge is -2.08. The molecule has 0 amide bonds. The Morgan fingerprint density at radius 1 is 1.26 bits per heavy atom. The molecule has 0 aliphatic rings. The molecule has 1 heterocycles. The van der Waals surface area contributed by atoms with E-state index in [-0.39, 0.29) is 16.7 Å². The summed E-state index contributed by atoms with van der Waals surface area (Å²) in [7, 11) is -4.20. The standard InChI is InChI=1S/C10H8ClFN4O2S/c11-7-4-6(13)5-8(9(7)12)19(17,18)16-10-14-2-1-3-15-10/h1-5H,13H2,(H,14,15,16). The van der Waals surface area contributed by atoms with Gasteiger partial charge in [0.25, 0.3) is 10.0 Å². The average Bonchev–Trinajstić information content (AvgIpc) is 2.34. The summed E-state index contributed by atoms with van der Waals surface area (Å²) in [6, 6.07) is 3.59. The van der Waals surface area contributed by atoms with E-state index in [4.69, 9.17) is 17.3 Å². The van der Waals surface area contributed by atoms with Crippen molar-refractivity contribution >= 4 is 33.3 Å². The van der Waals surface area contributed by atoms with Gasteiger partial charge in [-0.15, -0.1) is 0 Å². The molecule has 6 nitrogen and oxygen atoms in total. The van der Waals surface area contributed by atoms with E-state index in [1.54, 1.807) is 0 Å². The van der Waals surface area contributed by atoms with Gasteiger partial charge in [-0.05, 0) is 18.2 Å². The molecular formula is C10H8ClFN4O2S. The van der Waals surface area contributed by atoms with E-state index in [1.807, 2.05) is 4.72 Å². The van der Waals surface area contributed by atoms with Crippen molar-refractivity contribution < 1.29 is 12.8 Å². The van der Waals surface area contributed by atoms with Gasteiger partial charge in [0.2, 0.25) is 5.95 Å². The maximum Gasteiger partial charge on any atom is 0.267 e. The fourth-order valence-corrected chi connectivity index (χ4v) is 2.68. The van der Waals surface area contributed by atoms with Crippen molar-refractivity contribution in [3.63, 3.8) is 0 Å². The molecule has 0 saturated carbocycles. The molecule has 0 atom stereocenters. The first-order valence-electron chi connectivity index (χ1n) is 4.94. The van der Waals surface area contributed by atoms with Crippen LogP contribution in [0.4, 0.5) is 16.0 Å². The first-order valence-corrected chi connectivity index (χ1v) is 6.80. The summed E-state index contributed by atoms with van der Waals surface area (Å²) in [5, 5.41) is -0.380. The fourth-order valence-electron chi connectivity index (χ4n) is 1.31. The van der Waals surface area contributed by atoms with Crippen LogP contribution in [0.2, 0.25) is 5.02 Å². The number of benzene rings is 1. The van der Waals surface area contributed by atoms with Crippen LogP contribution in [0.15, 0.2) is 35.5 Å². The highest BCUT2D eigenvalue weighted by atomic mass is 35.5. The lowest BCUT2D eigenvalue weighted by atomic mass is 10.3. The second-order valence-electron chi connectivity index (χ2n) is 3.49. The van der Waals surface area contributed by atoms with Crippen LogP contribution in [-0.2, 0) is 10.0 Å². The van der Waals surface area contributed by atoms with E-state index >= 15 is 0 Å². The van der Waals surface area contributed by atoms with E-state index in [0.29, 0.717) is 0 Å². The molecule has 1 aromatic carbocycles. The third-order valence-electron chi connectivity index (χ3n) is 2.10. The summed E-state index contributed by atoms with van der Waals surface area (Å²) in [4.78, 5) is 6.69. The average molecular weight is 303 g/mol. The van der Waals surface area contributed by atoms with E-state index in [0.717, 1.165) is 12.1 Å². The fraction of sp³-hybridized carbons (Fsp3) is 0. The summed E-state index contributed by atoms with van der Waals surface area (Å²) in [5.74, 6) is -1.26. The lowest BCUT2D eigenvalue weighted by Crippen LogP contribution is -2.16. The minimum Gasteiger partial charge on any atom is -0.399 e. The molecule has 2 aromatic rings. The van der Waals surface area contributed by atoms with E-state index in [9.17, 15) is 12.8 Å².